The second-order valence-corrected chi connectivity index (χ2v) is 6.10. The van der Waals surface area contributed by atoms with Crippen molar-refractivity contribution in [3.05, 3.63) is 41.2 Å². The Morgan fingerprint density at radius 2 is 2.12 bits per heavy atom. The van der Waals surface area contributed by atoms with Crippen molar-refractivity contribution in [2.75, 3.05) is 19.5 Å². The number of methoxy groups -OCH3 is 1. The Hall–Kier alpha value is -2.34. The number of nitrogens with one attached hydrogen (secondary N) is 1. The number of carbonyl (C=O) groups is 1. The Morgan fingerprint density at radius 3 is 2.71 bits per heavy atom. The van der Waals surface area contributed by atoms with Crippen molar-refractivity contribution < 1.29 is 9.53 Å². The molecule has 1 aromatic carbocycles. The van der Waals surface area contributed by atoms with E-state index in [4.69, 9.17) is 4.74 Å². The average molecular weight is 330 g/mol. The van der Waals surface area contributed by atoms with Crippen LogP contribution in [0, 0.1) is 13.8 Å². The SMILES string of the molecule is COc1cccc(CN(C)C(C)C(=O)Nc2c(C)nn(C)c2C)c1. The molecule has 24 heavy (non-hydrogen) atoms. The van der Waals surface area contributed by atoms with E-state index in [0.29, 0.717) is 6.54 Å². The first kappa shape index (κ1) is 18.0. The molecule has 0 bridgehead atoms. The van der Waals surface area contributed by atoms with E-state index in [1.165, 1.54) is 0 Å². The molecule has 1 atom stereocenters. The first-order chi connectivity index (χ1) is 11.3. The second kappa shape index (κ2) is 7.49. The van der Waals surface area contributed by atoms with Crippen LogP contribution >= 0.6 is 0 Å². The van der Waals surface area contributed by atoms with E-state index < -0.39 is 0 Å². The van der Waals surface area contributed by atoms with Gasteiger partial charge < -0.3 is 10.1 Å². The lowest BCUT2D eigenvalue weighted by Crippen LogP contribution is -2.39. The number of amides is 1. The Bertz CT molecular complexity index is 724. The second-order valence-electron chi connectivity index (χ2n) is 6.10. The molecule has 0 aliphatic rings. The maximum atomic E-state index is 12.6. The molecule has 0 fully saturated rings. The van der Waals surface area contributed by atoms with E-state index in [0.717, 1.165) is 28.4 Å². The fraction of sp³-hybridized carbons (Fsp3) is 0.444. The predicted octanol–water partition coefficient (Wildman–Crippen LogP) is 2.50. The number of aryl methyl sites for hydroxylation is 2. The molecule has 2 aromatic rings. The molecule has 0 saturated carbocycles. The fourth-order valence-electron chi connectivity index (χ4n) is 2.58. The minimum absolute atomic E-state index is 0.0420. The zero-order chi connectivity index (χ0) is 17.9. The van der Waals surface area contributed by atoms with Gasteiger partial charge in [0.25, 0.3) is 0 Å². The van der Waals surface area contributed by atoms with Gasteiger partial charge in [-0.15, -0.1) is 0 Å². The van der Waals surface area contributed by atoms with E-state index >= 15 is 0 Å². The topological polar surface area (TPSA) is 59.4 Å². The quantitative estimate of drug-likeness (QED) is 0.884. The van der Waals surface area contributed by atoms with Crippen molar-refractivity contribution in [3.63, 3.8) is 0 Å². The smallest absolute Gasteiger partial charge is 0.241 e. The highest BCUT2D eigenvalue weighted by atomic mass is 16.5. The van der Waals surface area contributed by atoms with Crippen LogP contribution in [0.25, 0.3) is 0 Å². The number of benzene rings is 1. The third-order valence-electron chi connectivity index (χ3n) is 4.36. The average Bonchev–Trinajstić information content (AvgIpc) is 2.80. The van der Waals surface area contributed by atoms with Gasteiger partial charge in [0.15, 0.2) is 0 Å². The molecular formula is C18H26N4O2. The Morgan fingerprint density at radius 1 is 1.42 bits per heavy atom. The highest BCUT2D eigenvalue weighted by Crippen LogP contribution is 2.19. The summed E-state index contributed by atoms with van der Waals surface area (Å²) >= 11 is 0. The molecule has 0 radical (unpaired) electrons. The summed E-state index contributed by atoms with van der Waals surface area (Å²) in [7, 11) is 5.46. The van der Waals surface area contributed by atoms with Gasteiger partial charge in [-0.25, -0.2) is 0 Å². The molecule has 0 aliphatic carbocycles. The molecule has 0 saturated heterocycles. The number of ether oxygens (including phenoxy) is 1. The van der Waals surface area contributed by atoms with Gasteiger partial charge in [-0.1, -0.05) is 12.1 Å². The van der Waals surface area contributed by atoms with Gasteiger partial charge in [-0.05, 0) is 45.5 Å². The predicted molar refractivity (Wildman–Crippen MR) is 95.2 cm³/mol. The maximum absolute atomic E-state index is 12.6. The van der Waals surface area contributed by atoms with Gasteiger partial charge in [0.1, 0.15) is 5.75 Å². The van der Waals surface area contributed by atoms with Crippen LogP contribution in [0.4, 0.5) is 5.69 Å². The van der Waals surface area contributed by atoms with Crippen LogP contribution in [-0.2, 0) is 18.4 Å². The summed E-state index contributed by atoms with van der Waals surface area (Å²) in [5.41, 5.74) is 3.67. The van der Waals surface area contributed by atoms with Crippen molar-refractivity contribution in [3.8, 4) is 5.75 Å². The minimum Gasteiger partial charge on any atom is -0.497 e. The lowest BCUT2D eigenvalue weighted by Gasteiger charge is -2.24. The number of likely N-dealkylation sites (N-methyl/N-ethyl adjacent to an activating group) is 1. The molecule has 1 heterocycles. The molecule has 6 nitrogen and oxygen atoms in total. The van der Waals surface area contributed by atoms with Crippen molar-refractivity contribution in [1.29, 1.82) is 0 Å². The van der Waals surface area contributed by atoms with E-state index in [9.17, 15) is 4.79 Å². The molecule has 0 aliphatic heterocycles. The molecule has 1 unspecified atom stereocenters. The molecule has 2 rings (SSSR count). The summed E-state index contributed by atoms with van der Waals surface area (Å²) in [5, 5.41) is 7.33. The Balaban J connectivity index is 2.03. The van der Waals surface area contributed by atoms with E-state index in [1.807, 2.05) is 64.0 Å². The molecule has 1 amide bonds. The van der Waals surface area contributed by atoms with Crippen LogP contribution in [-0.4, -0.2) is 40.8 Å². The highest BCUT2D eigenvalue weighted by Gasteiger charge is 2.21. The molecule has 1 N–H and O–H groups in total. The van der Waals surface area contributed by atoms with Crippen LogP contribution in [0.5, 0.6) is 5.75 Å². The van der Waals surface area contributed by atoms with Crippen LogP contribution in [0.3, 0.4) is 0 Å². The molecule has 0 spiro atoms. The van der Waals surface area contributed by atoms with Gasteiger partial charge in [0.05, 0.1) is 30.2 Å². The normalized spacial score (nSPS) is 12.3. The molecule has 130 valence electrons. The van der Waals surface area contributed by atoms with E-state index in [1.54, 1.807) is 11.8 Å². The number of hydrogen-bond acceptors (Lipinski definition) is 4. The van der Waals surface area contributed by atoms with Crippen molar-refractivity contribution >= 4 is 11.6 Å². The zero-order valence-corrected chi connectivity index (χ0v) is 15.3. The number of anilines is 1. The lowest BCUT2D eigenvalue weighted by atomic mass is 10.1. The van der Waals surface area contributed by atoms with Crippen LogP contribution < -0.4 is 10.1 Å². The molecular weight excluding hydrogens is 304 g/mol. The summed E-state index contributed by atoms with van der Waals surface area (Å²) in [5.74, 6) is 0.777. The van der Waals surface area contributed by atoms with Gasteiger partial charge in [0.2, 0.25) is 5.91 Å². The van der Waals surface area contributed by atoms with Gasteiger partial charge in [-0.2, -0.15) is 5.10 Å². The Kier molecular flexibility index (Phi) is 5.62. The molecule has 1 aromatic heterocycles. The monoisotopic (exact) mass is 330 g/mol. The first-order valence-electron chi connectivity index (χ1n) is 7.97. The largest absolute Gasteiger partial charge is 0.497 e. The Labute approximate surface area is 143 Å². The van der Waals surface area contributed by atoms with Crippen molar-refractivity contribution in [2.45, 2.75) is 33.4 Å². The van der Waals surface area contributed by atoms with E-state index in [2.05, 4.69) is 10.4 Å². The third-order valence-corrected chi connectivity index (χ3v) is 4.36. The summed E-state index contributed by atoms with van der Waals surface area (Å²) in [6, 6.07) is 7.60. The summed E-state index contributed by atoms with van der Waals surface area (Å²) in [4.78, 5) is 14.6. The minimum atomic E-state index is -0.268. The third kappa shape index (κ3) is 3.94. The summed E-state index contributed by atoms with van der Waals surface area (Å²) in [6.07, 6.45) is 0. The zero-order valence-electron chi connectivity index (χ0n) is 15.3. The van der Waals surface area contributed by atoms with Crippen LogP contribution in [0.1, 0.15) is 23.9 Å². The van der Waals surface area contributed by atoms with Crippen molar-refractivity contribution in [2.24, 2.45) is 7.05 Å². The number of aromatic nitrogens is 2. The molecule has 6 heteroatoms. The number of hydrogen-bond donors (Lipinski definition) is 1. The van der Waals surface area contributed by atoms with Crippen LogP contribution in [0.2, 0.25) is 0 Å². The van der Waals surface area contributed by atoms with Crippen molar-refractivity contribution in [1.82, 2.24) is 14.7 Å². The standard InChI is InChI=1S/C18H26N4O2/c1-12-17(13(2)22(5)20-12)19-18(23)14(3)21(4)11-15-8-7-9-16(10-15)24-6/h7-10,14H,11H2,1-6H3,(H,19,23). The maximum Gasteiger partial charge on any atom is 0.241 e. The lowest BCUT2D eigenvalue weighted by molar-refractivity contribution is -0.120. The van der Waals surface area contributed by atoms with Gasteiger partial charge in [0, 0.05) is 13.6 Å². The first-order valence-corrected chi connectivity index (χ1v) is 7.97. The number of nitrogens with zero attached hydrogens (tertiary/aromatic N) is 3. The summed E-state index contributed by atoms with van der Waals surface area (Å²) < 4.78 is 7.02. The number of carbonyl (C=O) groups excluding carboxylic acids is 1. The number of rotatable bonds is 6. The fourth-order valence-corrected chi connectivity index (χ4v) is 2.58. The van der Waals surface area contributed by atoms with Crippen LogP contribution in [0.15, 0.2) is 24.3 Å². The van der Waals surface area contributed by atoms with E-state index in [-0.39, 0.29) is 11.9 Å². The van der Waals surface area contributed by atoms with Gasteiger partial charge >= 0.3 is 0 Å². The summed E-state index contributed by atoms with van der Waals surface area (Å²) in [6.45, 7) is 6.40. The van der Waals surface area contributed by atoms with Gasteiger partial charge in [-0.3, -0.25) is 14.4 Å². The highest BCUT2D eigenvalue weighted by molar-refractivity contribution is 5.95.